The number of anilines is 1. The highest BCUT2D eigenvalue weighted by Gasteiger charge is 2.24. The molecule has 0 heterocycles. The monoisotopic (exact) mass is 415 g/mol. The van der Waals surface area contributed by atoms with Crippen molar-refractivity contribution in [3.63, 3.8) is 0 Å². The third kappa shape index (κ3) is 6.05. The van der Waals surface area contributed by atoms with Crippen LogP contribution in [0.2, 0.25) is 0 Å². The summed E-state index contributed by atoms with van der Waals surface area (Å²) in [5, 5.41) is 6.02. The Morgan fingerprint density at radius 1 is 1.00 bits per heavy atom. The van der Waals surface area contributed by atoms with Crippen molar-refractivity contribution < 1.29 is 9.59 Å². The summed E-state index contributed by atoms with van der Waals surface area (Å²) >= 11 is 0. The number of hydrogen-bond acceptors (Lipinski definition) is 3. The Morgan fingerprint density at radius 2 is 1.69 bits per heavy atom. The maximum Gasteiger partial charge on any atom is 0.255 e. The van der Waals surface area contributed by atoms with Gasteiger partial charge in [-0.05, 0) is 55.5 Å². The molecule has 1 unspecified atom stereocenters. The van der Waals surface area contributed by atoms with Crippen LogP contribution in [0, 0.1) is 12.8 Å². The summed E-state index contributed by atoms with van der Waals surface area (Å²) in [4.78, 5) is 25.2. The van der Waals surface area contributed by atoms with Crippen LogP contribution in [0.3, 0.4) is 0 Å². The highest BCUT2D eigenvalue weighted by atomic mass is 35.5. The molecule has 2 aromatic carbocycles. The lowest BCUT2D eigenvalue weighted by molar-refractivity contribution is 0.0914. The van der Waals surface area contributed by atoms with Gasteiger partial charge in [0.05, 0.1) is 0 Å². The molecule has 0 aliphatic heterocycles. The summed E-state index contributed by atoms with van der Waals surface area (Å²) in [6, 6.07) is 14.4. The lowest BCUT2D eigenvalue weighted by Crippen LogP contribution is -2.45. The molecule has 1 saturated carbocycles. The predicted molar refractivity (Wildman–Crippen MR) is 120 cm³/mol. The van der Waals surface area contributed by atoms with Crippen LogP contribution in [0.4, 0.5) is 5.69 Å². The third-order valence-corrected chi connectivity index (χ3v) is 5.57. The number of halogens is 1. The smallest absolute Gasteiger partial charge is 0.255 e. The van der Waals surface area contributed by atoms with E-state index in [2.05, 4.69) is 10.6 Å². The molecule has 1 aliphatic carbocycles. The molecule has 0 radical (unpaired) electrons. The van der Waals surface area contributed by atoms with E-state index in [4.69, 9.17) is 5.73 Å². The number of nitrogens with two attached hydrogens (primary N) is 1. The standard InChI is InChI=1S/C23H29N3O2.ClH/c1-16-12-13-19(14-20(16)25-22(27)18-10-6-3-7-11-18)23(28)26-21(15-24)17-8-4-2-5-9-17;/h3,6-7,10-14,17,21H,2,4-5,8-9,15,24H2,1H3,(H,25,27)(H,26,28);1H. The van der Waals surface area contributed by atoms with Crippen LogP contribution in [0.5, 0.6) is 0 Å². The van der Waals surface area contributed by atoms with E-state index < -0.39 is 0 Å². The molecule has 0 saturated heterocycles. The summed E-state index contributed by atoms with van der Waals surface area (Å²) in [6.45, 7) is 2.35. The molecule has 5 nitrogen and oxygen atoms in total. The van der Waals surface area contributed by atoms with Gasteiger partial charge in [0.25, 0.3) is 11.8 Å². The molecule has 6 heteroatoms. The highest BCUT2D eigenvalue weighted by Crippen LogP contribution is 2.26. The maximum atomic E-state index is 12.8. The highest BCUT2D eigenvalue weighted by molar-refractivity contribution is 6.05. The van der Waals surface area contributed by atoms with Gasteiger partial charge in [-0.15, -0.1) is 12.4 Å². The molecule has 0 spiro atoms. The molecule has 1 aliphatic rings. The minimum Gasteiger partial charge on any atom is -0.348 e. The topological polar surface area (TPSA) is 84.2 Å². The van der Waals surface area contributed by atoms with Crippen molar-refractivity contribution in [2.45, 2.75) is 45.1 Å². The second kappa shape index (κ2) is 11.0. The normalized spacial score (nSPS) is 15.1. The summed E-state index contributed by atoms with van der Waals surface area (Å²) in [5.74, 6) is 0.116. The number of carbonyl (C=O) groups excluding carboxylic acids is 2. The van der Waals surface area contributed by atoms with Gasteiger partial charge in [0.1, 0.15) is 0 Å². The maximum absolute atomic E-state index is 12.8. The Bertz CT molecular complexity index is 820. The van der Waals surface area contributed by atoms with Gasteiger partial charge < -0.3 is 16.4 Å². The molecule has 1 atom stereocenters. The van der Waals surface area contributed by atoms with Gasteiger partial charge in [-0.1, -0.05) is 43.5 Å². The number of amides is 2. The second-order valence-electron chi connectivity index (χ2n) is 7.56. The van der Waals surface area contributed by atoms with Gasteiger partial charge in [0.15, 0.2) is 0 Å². The Hall–Kier alpha value is -2.37. The summed E-state index contributed by atoms with van der Waals surface area (Å²) in [7, 11) is 0. The molecular weight excluding hydrogens is 386 g/mol. The van der Waals surface area contributed by atoms with Crippen molar-refractivity contribution in [3.8, 4) is 0 Å². The van der Waals surface area contributed by atoms with E-state index in [1.807, 2.05) is 31.2 Å². The third-order valence-electron chi connectivity index (χ3n) is 5.57. The first-order valence-electron chi connectivity index (χ1n) is 10.1. The van der Waals surface area contributed by atoms with Crippen molar-refractivity contribution in [1.29, 1.82) is 0 Å². The fraction of sp³-hybridized carbons (Fsp3) is 0.391. The Labute approximate surface area is 178 Å². The minimum atomic E-state index is -0.191. The number of nitrogens with one attached hydrogen (secondary N) is 2. The number of rotatable bonds is 6. The van der Waals surface area contributed by atoms with Crippen LogP contribution in [-0.2, 0) is 0 Å². The zero-order valence-electron chi connectivity index (χ0n) is 16.8. The summed E-state index contributed by atoms with van der Waals surface area (Å²) in [5.41, 5.74) is 8.60. The lowest BCUT2D eigenvalue weighted by Gasteiger charge is -2.30. The molecule has 2 amide bonds. The lowest BCUT2D eigenvalue weighted by atomic mass is 9.84. The van der Waals surface area contributed by atoms with E-state index >= 15 is 0 Å². The molecule has 3 rings (SSSR count). The SMILES string of the molecule is Cc1ccc(C(=O)NC(CN)C2CCCCC2)cc1NC(=O)c1ccccc1.Cl. The fourth-order valence-electron chi connectivity index (χ4n) is 3.84. The first kappa shape index (κ1) is 22.9. The molecule has 156 valence electrons. The van der Waals surface area contributed by atoms with Crippen LogP contribution >= 0.6 is 12.4 Å². The molecule has 1 fully saturated rings. The van der Waals surface area contributed by atoms with Gasteiger partial charge >= 0.3 is 0 Å². The Morgan fingerprint density at radius 3 is 2.34 bits per heavy atom. The van der Waals surface area contributed by atoms with Crippen LogP contribution in [-0.4, -0.2) is 24.4 Å². The summed E-state index contributed by atoms with van der Waals surface area (Å²) < 4.78 is 0. The first-order valence-corrected chi connectivity index (χ1v) is 10.1. The van der Waals surface area contributed by atoms with Crippen LogP contribution in [0.1, 0.15) is 58.4 Å². The van der Waals surface area contributed by atoms with Crippen molar-refractivity contribution in [2.24, 2.45) is 11.7 Å². The average Bonchev–Trinajstić information content (AvgIpc) is 2.74. The zero-order chi connectivity index (χ0) is 19.9. The van der Waals surface area contributed by atoms with E-state index in [9.17, 15) is 9.59 Å². The van der Waals surface area contributed by atoms with E-state index in [1.165, 1.54) is 19.3 Å². The van der Waals surface area contributed by atoms with E-state index in [0.717, 1.165) is 18.4 Å². The number of carbonyl (C=O) groups is 2. The Balaban J connectivity index is 0.00000300. The van der Waals surface area contributed by atoms with Gasteiger partial charge in [-0.25, -0.2) is 0 Å². The fourth-order valence-corrected chi connectivity index (χ4v) is 3.84. The van der Waals surface area contributed by atoms with Crippen molar-refractivity contribution in [2.75, 3.05) is 11.9 Å². The van der Waals surface area contributed by atoms with Gasteiger partial charge in [0.2, 0.25) is 0 Å². The van der Waals surface area contributed by atoms with Crippen molar-refractivity contribution >= 4 is 29.9 Å². The summed E-state index contributed by atoms with van der Waals surface area (Å²) in [6.07, 6.45) is 5.92. The van der Waals surface area contributed by atoms with Gasteiger partial charge in [0, 0.05) is 29.4 Å². The largest absolute Gasteiger partial charge is 0.348 e. The zero-order valence-corrected chi connectivity index (χ0v) is 17.6. The van der Waals surface area contributed by atoms with E-state index in [-0.39, 0.29) is 30.3 Å². The molecule has 0 aromatic heterocycles. The van der Waals surface area contributed by atoms with Crippen LogP contribution < -0.4 is 16.4 Å². The van der Waals surface area contributed by atoms with Crippen LogP contribution in [0.15, 0.2) is 48.5 Å². The van der Waals surface area contributed by atoms with Crippen LogP contribution in [0.25, 0.3) is 0 Å². The Kier molecular flexibility index (Phi) is 8.68. The quantitative estimate of drug-likeness (QED) is 0.657. The van der Waals surface area contributed by atoms with E-state index in [1.54, 1.807) is 24.3 Å². The average molecular weight is 416 g/mol. The first-order chi connectivity index (χ1) is 13.6. The van der Waals surface area contributed by atoms with Gasteiger partial charge in [-0.3, -0.25) is 9.59 Å². The van der Waals surface area contributed by atoms with Crippen molar-refractivity contribution in [1.82, 2.24) is 5.32 Å². The molecule has 29 heavy (non-hydrogen) atoms. The number of hydrogen-bond donors (Lipinski definition) is 3. The molecule has 4 N–H and O–H groups in total. The molecule has 0 bridgehead atoms. The predicted octanol–water partition coefficient (Wildman–Crippen LogP) is 4.31. The number of benzene rings is 2. The number of aryl methyl sites for hydroxylation is 1. The second-order valence-corrected chi connectivity index (χ2v) is 7.56. The molecule has 2 aromatic rings. The molecular formula is C23H30ClN3O2. The van der Waals surface area contributed by atoms with E-state index in [0.29, 0.717) is 29.3 Å². The van der Waals surface area contributed by atoms with Crippen molar-refractivity contribution in [3.05, 3.63) is 65.2 Å². The van der Waals surface area contributed by atoms with Gasteiger partial charge in [-0.2, -0.15) is 0 Å². The minimum absolute atomic E-state index is 0.